The standard InChI is InChI=1S/C15H19FN2O/c1-5-6-17-15-9(2)10(3)18-13-8-12(16)14(19-4)7-11(13)15/h7-8H,5-6H2,1-4H3,(H,17,18). The first-order valence-electron chi connectivity index (χ1n) is 6.46. The van der Waals surface area contributed by atoms with Gasteiger partial charge in [0.25, 0.3) is 0 Å². The number of aryl methyl sites for hydroxylation is 1. The third-order valence-corrected chi connectivity index (χ3v) is 3.30. The number of halogens is 1. The van der Waals surface area contributed by atoms with Crippen LogP contribution in [-0.2, 0) is 0 Å². The highest BCUT2D eigenvalue weighted by molar-refractivity contribution is 5.94. The van der Waals surface area contributed by atoms with Gasteiger partial charge in [0.05, 0.1) is 12.6 Å². The number of rotatable bonds is 4. The van der Waals surface area contributed by atoms with Gasteiger partial charge in [0.2, 0.25) is 0 Å². The van der Waals surface area contributed by atoms with E-state index in [1.807, 2.05) is 13.8 Å². The molecule has 0 aliphatic carbocycles. The summed E-state index contributed by atoms with van der Waals surface area (Å²) < 4.78 is 18.8. The van der Waals surface area contributed by atoms with Crippen LogP contribution in [0.2, 0.25) is 0 Å². The van der Waals surface area contributed by atoms with Gasteiger partial charge >= 0.3 is 0 Å². The number of pyridine rings is 1. The van der Waals surface area contributed by atoms with Gasteiger partial charge in [0, 0.05) is 29.4 Å². The van der Waals surface area contributed by atoms with Gasteiger partial charge in [-0.15, -0.1) is 0 Å². The van der Waals surface area contributed by atoms with Crippen molar-refractivity contribution >= 4 is 16.6 Å². The molecule has 102 valence electrons. The van der Waals surface area contributed by atoms with Crippen molar-refractivity contribution in [1.82, 2.24) is 4.98 Å². The summed E-state index contributed by atoms with van der Waals surface area (Å²) in [5.41, 5.74) is 3.67. The number of fused-ring (bicyclic) bond motifs is 1. The second-order valence-electron chi connectivity index (χ2n) is 4.63. The van der Waals surface area contributed by atoms with Crippen molar-refractivity contribution in [2.75, 3.05) is 19.0 Å². The Morgan fingerprint density at radius 3 is 2.68 bits per heavy atom. The molecular weight excluding hydrogens is 243 g/mol. The maximum atomic E-state index is 13.8. The molecular formula is C15H19FN2O. The second kappa shape index (κ2) is 5.43. The topological polar surface area (TPSA) is 34.2 Å². The van der Waals surface area contributed by atoms with Gasteiger partial charge in [-0.3, -0.25) is 4.98 Å². The first-order chi connectivity index (χ1) is 9.08. The summed E-state index contributed by atoms with van der Waals surface area (Å²) in [6.07, 6.45) is 1.03. The van der Waals surface area contributed by atoms with Crippen LogP contribution in [0.5, 0.6) is 5.75 Å². The van der Waals surface area contributed by atoms with Gasteiger partial charge in [-0.1, -0.05) is 6.92 Å². The minimum Gasteiger partial charge on any atom is -0.494 e. The lowest BCUT2D eigenvalue weighted by molar-refractivity contribution is 0.387. The van der Waals surface area contributed by atoms with Gasteiger partial charge < -0.3 is 10.1 Å². The molecule has 2 rings (SSSR count). The van der Waals surface area contributed by atoms with E-state index in [2.05, 4.69) is 17.2 Å². The van der Waals surface area contributed by atoms with E-state index < -0.39 is 0 Å². The summed E-state index contributed by atoms with van der Waals surface area (Å²) in [4.78, 5) is 4.44. The predicted octanol–water partition coefficient (Wildman–Crippen LogP) is 3.82. The SMILES string of the molecule is CCCNc1c(C)c(C)nc2cc(F)c(OC)cc12. The number of nitrogens with one attached hydrogen (secondary N) is 1. The quantitative estimate of drug-likeness (QED) is 0.909. The fourth-order valence-corrected chi connectivity index (χ4v) is 2.12. The van der Waals surface area contributed by atoms with Crippen molar-refractivity contribution < 1.29 is 9.13 Å². The van der Waals surface area contributed by atoms with Crippen LogP contribution in [0.25, 0.3) is 10.9 Å². The first kappa shape index (κ1) is 13.6. The maximum Gasteiger partial charge on any atom is 0.167 e. The highest BCUT2D eigenvalue weighted by Crippen LogP contribution is 2.32. The molecule has 0 radical (unpaired) electrons. The lowest BCUT2D eigenvalue weighted by atomic mass is 10.1. The van der Waals surface area contributed by atoms with Crippen LogP contribution < -0.4 is 10.1 Å². The van der Waals surface area contributed by atoms with Crippen LogP contribution in [0, 0.1) is 19.7 Å². The lowest BCUT2D eigenvalue weighted by Crippen LogP contribution is -2.05. The normalized spacial score (nSPS) is 10.8. The number of hydrogen-bond donors (Lipinski definition) is 1. The Morgan fingerprint density at radius 2 is 2.05 bits per heavy atom. The number of ether oxygens (including phenoxy) is 1. The van der Waals surface area contributed by atoms with Crippen molar-refractivity contribution in [3.8, 4) is 5.75 Å². The average Bonchev–Trinajstić information content (AvgIpc) is 2.39. The molecule has 0 saturated carbocycles. The third kappa shape index (κ3) is 2.48. The molecule has 0 aliphatic rings. The Morgan fingerprint density at radius 1 is 1.32 bits per heavy atom. The monoisotopic (exact) mass is 262 g/mol. The number of nitrogens with zero attached hydrogens (tertiary/aromatic N) is 1. The summed E-state index contributed by atoms with van der Waals surface area (Å²) in [5.74, 6) is -0.135. The molecule has 0 atom stereocenters. The highest BCUT2D eigenvalue weighted by atomic mass is 19.1. The van der Waals surface area contributed by atoms with Crippen molar-refractivity contribution in [2.24, 2.45) is 0 Å². The molecule has 0 saturated heterocycles. The van der Waals surface area contributed by atoms with E-state index >= 15 is 0 Å². The van der Waals surface area contributed by atoms with Gasteiger partial charge in [-0.05, 0) is 31.9 Å². The van der Waals surface area contributed by atoms with E-state index in [4.69, 9.17) is 4.74 Å². The van der Waals surface area contributed by atoms with Crippen molar-refractivity contribution in [2.45, 2.75) is 27.2 Å². The van der Waals surface area contributed by atoms with Crippen molar-refractivity contribution in [3.63, 3.8) is 0 Å². The molecule has 3 nitrogen and oxygen atoms in total. The minimum absolute atomic E-state index is 0.247. The number of aromatic nitrogens is 1. The molecule has 0 bridgehead atoms. The zero-order chi connectivity index (χ0) is 14.0. The molecule has 1 aromatic heterocycles. The zero-order valence-electron chi connectivity index (χ0n) is 11.8. The Labute approximate surface area is 112 Å². The minimum atomic E-state index is -0.382. The fourth-order valence-electron chi connectivity index (χ4n) is 2.12. The number of anilines is 1. The maximum absolute atomic E-state index is 13.8. The van der Waals surface area contributed by atoms with E-state index in [1.54, 1.807) is 6.07 Å². The fraction of sp³-hybridized carbons (Fsp3) is 0.400. The van der Waals surface area contributed by atoms with Gasteiger partial charge in [0.15, 0.2) is 11.6 Å². The Balaban J connectivity index is 2.70. The molecule has 1 heterocycles. The smallest absolute Gasteiger partial charge is 0.167 e. The molecule has 0 spiro atoms. The van der Waals surface area contributed by atoms with E-state index in [1.165, 1.54) is 13.2 Å². The van der Waals surface area contributed by atoms with E-state index in [9.17, 15) is 4.39 Å². The van der Waals surface area contributed by atoms with Crippen LogP contribution in [0.1, 0.15) is 24.6 Å². The average molecular weight is 262 g/mol. The summed E-state index contributed by atoms with van der Waals surface area (Å²) in [6.45, 7) is 6.95. The summed E-state index contributed by atoms with van der Waals surface area (Å²) >= 11 is 0. The van der Waals surface area contributed by atoms with Gasteiger partial charge in [-0.25, -0.2) is 4.39 Å². The van der Waals surface area contributed by atoms with Gasteiger partial charge in [-0.2, -0.15) is 0 Å². The molecule has 0 aliphatic heterocycles. The van der Waals surface area contributed by atoms with Crippen LogP contribution in [0.3, 0.4) is 0 Å². The second-order valence-corrected chi connectivity index (χ2v) is 4.63. The Hall–Kier alpha value is -1.84. The molecule has 0 amide bonds. The summed E-state index contributed by atoms with van der Waals surface area (Å²) in [7, 11) is 1.47. The third-order valence-electron chi connectivity index (χ3n) is 3.30. The Bertz CT molecular complexity index is 611. The van der Waals surface area contributed by atoms with Crippen molar-refractivity contribution in [1.29, 1.82) is 0 Å². The van der Waals surface area contributed by atoms with Crippen LogP contribution in [-0.4, -0.2) is 18.6 Å². The summed E-state index contributed by atoms with van der Waals surface area (Å²) in [5, 5.41) is 4.30. The molecule has 19 heavy (non-hydrogen) atoms. The highest BCUT2D eigenvalue weighted by Gasteiger charge is 2.13. The zero-order valence-corrected chi connectivity index (χ0v) is 11.8. The van der Waals surface area contributed by atoms with E-state index in [0.29, 0.717) is 5.52 Å². The molecule has 1 N–H and O–H groups in total. The van der Waals surface area contributed by atoms with Crippen LogP contribution in [0.15, 0.2) is 12.1 Å². The molecule has 2 aromatic rings. The van der Waals surface area contributed by atoms with Crippen LogP contribution >= 0.6 is 0 Å². The first-order valence-corrected chi connectivity index (χ1v) is 6.46. The predicted molar refractivity (Wildman–Crippen MR) is 76.5 cm³/mol. The number of methoxy groups -OCH3 is 1. The van der Waals surface area contributed by atoms with Crippen molar-refractivity contribution in [3.05, 3.63) is 29.2 Å². The number of benzene rings is 1. The lowest BCUT2D eigenvalue weighted by Gasteiger charge is -2.15. The van der Waals surface area contributed by atoms with Gasteiger partial charge in [0.1, 0.15) is 0 Å². The van der Waals surface area contributed by atoms with E-state index in [0.717, 1.165) is 35.3 Å². The molecule has 4 heteroatoms. The molecule has 1 aromatic carbocycles. The van der Waals surface area contributed by atoms with Crippen LogP contribution in [0.4, 0.5) is 10.1 Å². The number of hydrogen-bond acceptors (Lipinski definition) is 3. The van der Waals surface area contributed by atoms with E-state index in [-0.39, 0.29) is 11.6 Å². The molecule has 0 fully saturated rings. The molecule has 0 unspecified atom stereocenters. The largest absolute Gasteiger partial charge is 0.494 e. The Kier molecular flexibility index (Phi) is 3.88. The summed E-state index contributed by atoms with van der Waals surface area (Å²) in [6, 6.07) is 3.14.